The molecule has 0 unspecified atom stereocenters. The van der Waals surface area contributed by atoms with Gasteiger partial charge >= 0.3 is 0 Å². The van der Waals surface area contributed by atoms with E-state index < -0.39 is 33.2 Å². The van der Waals surface area contributed by atoms with Crippen LogP contribution in [0.15, 0.2) is 53.4 Å². The molecule has 1 saturated carbocycles. The average Bonchev–Trinajstić information content (AvgIpc) is 3.44. The number of carbonyl (C=O) groups is 1. The zero-order valence-corrected chi connectivity index (χ0v) is 15.0. The molecule has 1 fully saturated rings. The third-order valence-electron chi connectivity index (χ3n) is 3.99. The van der Waals surface area contributed by atoms with Crippen molar-refractivity contribution in [1.82, 2.24) is 5.32 Å². The summed E-state index contributed by atoms with van der Waals surface area (Å²) in [5.74, 6) is -0.753. The Kier molecular flexibility index (Phi) is 5.13. The maximum absolute atomic E-state index is 14.1. The Morgan fingerprint density at radius 3 is 2.42 bits per heavy atom. The SMILES string of the molecule is COc1ccc(N(CC(=O)NC2CC2)S(=O)(=O)c2ccccc2F)cc1. The Labute approximate surface area is 151 Å². The van der Waals surface area contributed by atoms with Gasteiger partial charge in [0.2, 0.25) is 5.91 Å². The van der Waals surface area contributed by atoms with Gasteiger partial charge in [-0.25, -0.2) is 12.8 Å². The van der Waals surface area contributed by atoms with E-state index in [1.54, 1.807) is 12.1 Å². The molecule has 0 aliphatic heterocycles. The van der Waals surface area contributed by atoms with Crippen molar-refractivity contribution in [2.75, 3.05) is 18.0 Å². The summed E-state index contributed by atoms with van der Waals surface area (Å²) in [5, 5.41) is 2.75. The smallest absolute Gasteiger partial charge is 0.267 e. The lowest BCUT2D eigenvalue weighted by molar-refractivity contribution is -0.119. The number of halogens is 1. The minimum Gasteiger partial charge on any atom is -0.497 e. The van der Waals surface area contributed by atoms with Gasteiger partial charge in [0.25, 0.3) is 10.0 Å². The van der Waals surface area contributed by atoms with Crippen LogP contribution in [0.5, 0.6) is 5.75 Å². The highest BCUT2D eigenvalue weighted by atomic mass is 32.2. The molecule has 8 heteroatoms. The van der Waals surface area contributed by atoms with Crippen LogP contribution in [-0.4, -0.2) is 34.0 Å². The second-order valence-electron chi connectivity index (χ2n) is 5.98. The highest BCUT2D eigenvalue weighted by Gasteiger charge is 2.31. The summed E-state index contributed by atoms with van der Waals surface area (Å²) in [6.45, 7) is -0.431. The first-order chi connectivity index (χ1) is 12.4. The van der Waals surface area contributed by atoms with Gasteiger partial charge in [-0.15, -0.1) is 0 Å². The fourth-order valence-corrected chi connectivity index (χ4v) is 3.96. The molecule has 1 amide bonds. The van der Waals surface area contributed by atoms with Gasteiger partial charge in [0.15, 0.2) is 0 Å². The lowest BCUT2D eigenvalue weighted by Crippen LogP contribution is -2.41. The molecule has 3 rings (SSSR count). The third-order valence-corrected chi connectivity index (χ3v) is 5.80. The first-order valence-corrected chi connectivity index (χ1v) is 9.56. The average molecular weight is 378 g/mol. The molecule has 2 aromatic rings. The quantitative estimate of drug-likeness (QED) is 0.802. The summed E-state index contributed by atoms with van der Waals surface area (Å²) in [6, 6.07) is 11.4. The van der Waals surface area contributed by atoms with Crippen LogP contribution in [0.25, 0.3) is 0 Å². The van der Waals surface area contributed by atoms with Crippen molar-refractivity contribution in [3.05, 3.63) is 54.3 Å². The Hall–Kier alpha value is -2.61. The van der Waals surface area contributed by atoms with Crippen LogP contribution in [0.3, 0.4) is 0 Å². The molecule has 2 aromatic carbocycles. The number of methoxy groups -OCH3 is 1. The van der Waals surface area contributed by atoms with Gasteiger partial charge in [0.05, 0.1) is 12.8 Å². The summed E-state index contributed by atoms with van der Waals surface area (Å²) in [5.41, 5.74) is 0.250. The molecule has 0 atom stereocenters. The van der Waals surface area contributed by atoms with Crippen LogP contribution in [0, 0.1) is 5.82 Å². The molecule has 0 aromatic heterocycles. The summed E-state index contributed by atoms with van der Waals surface area (Å²) in [7, 11) is -2.77. The van der Waals surface area contributed by atoms with E-state index in [4.69, 9.17) is 4.74 Å². The van der Waals surface area contributed by atoms with Crippen molar-refractivity contribution in [3.8, 4) is 5.75 Å². The highest BCUT2D eigenvalue weighted by Crippen LogP contribution is 2.27. The number of rotatable bonds is 7. The summed E-state index contributed by atoms with van der Waals surface area (Å²) in [6.07, 6.45) is 1.77. The van der Waals surface area contributed by atoms with Crippen molar-refractivity contribution in [2.24, 2.45) is 0 Å². The molecular formula is C18H19FN2O4S. The number of carbonyl (C=O) groups excluding carboxylic acids is 1. The third kappa shape index (κ3) is 3.96. The molecule has 1 aliphatic rings. The number of ether oxygens (including phenoxy) is 1. The largest absolute Gasteiger partial charge is 0.497 e. The number of hydrogen-bond donors (Lipinski definition) is 1. The van der Waals surface area contributed by atoms with Crippen LogP contribution >= 0.6 is 0 Å². The highest BCUT2D eigenvalue weighted by molar-refractivity contribution is 7.92. The zero-order chi connectivity index (χ0) is 18.7. The maximum Gasteiger partial charge on any atom is 0.267 e. The van der Waals surface area contributed by atoms with E-state index in [0.29, 0.717) is 5.75 Å². The van der Waals surface area contributed by atoms with E-state index in [1.165, 1.54) is 37.4 Å². The standard InChI is InChI=1S/C18H19FN2O4S/c1-25-15-10-8-14(9-11-15)21(12-18(22)20-13-6-7-13)26(23,24)17-5-3-2-4-16(17)19/h2-5,8-11,13H,6-7,12H2,1H3,(H,20,22). The molecule has 1 aliphatic carbocycles. The van der Waals surface area contributed by atoms with E-state index in [1.807, 2.05) is 0 Å². The van der Waals surface area contributed by atoms with Crippen LogP contribution < -0.4 is 14.4 Å². The zero-order valence-electron chi connectivity index (χ0n) is 14.2. The molecule has 0 bridgehead atoms. The molecule has 138 valence electrons. The van der Waals surface area contributed by atoms with Crippen LogP contribution in [0.4, 0.5) is 10.1 Å². The van der Waals surface area contributed by atoms with E-state index >= 15 is 0 Å². The van der Waals surface area contributed by atoms with Gasteiger partial charge in [-0.05, 0) is 49.2 Å². The second-order valence-corrected chi connectivity index (χ2v) is 7.81. The molecular weight excluding hydrogens is 359 g/mol. The molecule has 0 heterocycles. The minimum absolute atomic E-state index is 0.0939. The van der Waals surface area contributed by atoms with Crippen molar-refractivity contribution < 1.29 is 22.3 Å². The van der Waals surface area contributed by atoms with Gasteiger partial charge in [0.1, 0.15) is 23.0 Å². The van der Waals surface area contributed by atoms with Crippen molar-refractivity contribution in [3.63, 3.8) is 0 Å². The number of sulfonamides is 1. The molecule has 1 N–H and O–H groups in total. The molecule has 26 heavy (non-hydrogen) atoms. The molecule has 0 radical (unpaired) electrons. The molecule has 0 saturated heterocycles. The van der Waals surface area contributed by atoms with Gasteiger partial charge in [-0.3, -0.25) is 9.10 Å². The number of nitrogens with one attached hydrogen (secondary N) is 1. The summed E-state index contributed by atoms with van der Waals surface area (Å²) >= 11 is 0. The van der Waals surface area contributed by atoms with Crippen LogP contribution in [0.2, 0.25) is 0 Å². The maximum atomic E-state index is 14.1. The fraction of sp³-hybridized carbons (Fsp3) is 0.278. The summed E-state index contributed by atoms with van der Waals surface area (Å²) in [4.78, 5) is 11.8. The first kappa shape index (κ1) is 18.2. The summed E-state index contributed by atoms with van der Waals surface area (Å²) < 4.78 is 46.1. The topological polar surface area (TPSA) is 75.7 Å². The number of benzene rings is 2. The molecule has 6 nitrogen and oxygen atoms in total. The van der Waals surface area contributed by atoms with Gasteiger partial charge in [0, 0.05) is 6.04 Å². The first-order valence-electron chi connectivity index (χ1n) is 8.12. The number of hydrogen-bond acceptors (Lipinski definition) is 4. The van der Waals surface area contributed by atoms with Gasteiger partial charge in [-0.2, -0.15) is 0 Å². The van der Waals surface area contributed by atoms with Crippen molar-refractivity contribution in [2.45, 2.75) is 23.8 Å². The normalized spacial score (nSPS) is 13.9. The Bertz CT molecular complexity index is 896. The van der Waals surface area contributed by atoms with E-state index in [2.05, 4.69) is 5.32 Å². The predicted molar refractivity (Wildman–Crippen MR) is 95.1 cm³/mol. The Balaban J connectivity index is 1.97. The second kappa shape index (κ2) is 7.33. The number of nitrogens with zero attached hydrogens (tertiary/aromatic N) is 1. The van der Waals surface area contributed by atoms with Crippen molar-refractivity contribution in [1.29, 1.82) is 0 Å². The number of amides is 1. The number of anilines is 1. The van der Waals surface area contributed by atoms with Gasteiger partial charge < -0.3 is 10.1 Å². The minimum atomic E-state index is -4.26. The Morgan fingerprint density at radius 1 is 1.19 bits per heavy atom. The molecule has 0 spiro atoms. The Morgan fingerprint density at radius 2 is 1.85 bits per heavy atom. The lowest BCUT2D eigenvalue weighted by Gasteiger charge is -2.24. The lowest BCUT2D eigenvalue weighted by atomic mass is 10.3. The van der Waals surface area contributed by atoms with Gasteiger partial charge in [-0.1, -0.05) is 12.1 Å². The fourth-order valence-electron chi connectivity index (χ4n) is 2.47. The van der Waals surface area contributed by atoms with Crippen LogP contribution in [0.1, 0.15) is 12.8 Å². The monoisotopic (exact) mass is 378 g/mol. The van der Waals surface area contributed by atoms with E-state index in [0.717, 1.165) is 23.2 Å². The van der Waals surface area contributed by atoms with Crippen molar-refractivity contribution >= 4 is 21.6 Å². The van der Waals surface area contributed by atoms with E-state index in [9.17, 15) is 17.6 Å². The van der Waals surface area contributed by atoms with E-state index in [-0.39, 0.29) is 11.7 Å². The van der Waals surface area contributed by atoms with Crippen LogP contribution in [-0.2, 0) is 14.8 Å². The predicted octanol–water partition coefficient (Wildman–Crippen LogP) is 2.31.